The SMILES string of the molecule is CC(C)OCCN(C)C(=O)c1ccc(C#CCCO)cc1. The van der Waals surface area contributed by atoms with Gasteiger partial charge in [-0.2, -0.15) is 0 Å². The van der Waals surface area contributed by atoms with Gasteiger partial charge < -0.3 is 14.7 Å². The molecule has 21 heavy (non-hydrogen) atoms. The highest BCUT2D eigenvalue weighted by Crippen LogP contribution is 2.06. The Balaban J connectivity index is 2.56. The molecule has 0 radical (unpaired) electrons. The molecule has 1 N–H and O–H groups in total. The number of benzene rings is 1. The number of rotatable bonds is 6. The quantitative estimate of drug-likeness (QED) is 0.814. The Morgan fingerprint density at radius 3 is 2.57 bits per heavy atom. The van der Waals surface area contributed by atoms with Gasteiger partial charge in [0.1, 0.15) is 0 Å². The second-order valence-electron chi connectivity index (χ2n) is 5.00. The molecular formula is C17H23NO3. The molecular weight excluding hydrogens is 266 g/mol. The predicted octanol–water partition coefficient (Wildman–Crippen LogP) is 1.92. The molecule has 0 spiro atoms. The van der Waals surface area contributed by atoms with Gasteiger partial charge in [-0.25, -0.2) is 0 Å². The largest absolute Gasteiger partial charge is 0.395 e. The number of amides is 1. The lowest BCUT2D eigenvalue weighted by atomic mass is 10.1. The minimum atomic E-state index is -0.0303. The predicted molar refractivity (Wildman–Crippen MR) is 83.1 cm³/mol. The lowest BCUT2D eigenvalue weighted by Crippen LogP contribution is -2.30. The lowest BCUT2D eigenvalue weighted by molar-refractivity contribution is 0.0532. The van der Waals surface area contributed by atoms with Crippen LogP contribution < -0.4 is 0 Å². The highest BCUT2D eigenvalue weighted by Gasteiger charge is 2.11. The van der Waals surface area contributed by atoms with Crippen molar-refractivity contribution in [1.29, 1.82) is 0 Å². The summed E-state index contributed by atoms with van der Waals surface area (Å²) in [4.78, 5) is 13.8. The molecule has 4 nitrogen and oxygen atoms in total. The summed E-state index contributed by atoms with van der Waals surface area (Å²) in [5.74, 6) is 5.75. The summed E-state index contributed by atoms with van der Waals surface area (Å²) in [6.45, 7) is 5.10. The molecule has 0 atom stereocenters. The summed E-state index contributed by atoms with van der Waals surface area (Å²) in [6, 6.07) is 7.17. The van der Waals surface area contributed by atoms with Gasteiger partial charge in [0.2, 0.25) is 0 Å². The van der Waals surface area contributed by atoms with Gasteiger partial charge in [-0.05, 0) is 38.1 Å². The zero-order chi connectivity index (χ0) is 15.7. The molecule has 0 aliphatic rings. The molecule has 4 heteroatoms. The smallest absolute Gasteiger partial charge is 0.253 e. The van der Waals surface area contributed by atoms with E-state index >= 15 is 0 Å². The van der Waals surface area contributed by atoms with E-state index in [2.05, 4.69) is 11.8 Å². The number of aliphatic hydroxyl groups excluding tert-OH is 1. The van der Waals surface area contributed by atoms with Gasteiger partial charge in [0.05, 0.1) is 19.3 Å². The van der Waals surface area contributed by atoms with Crippen LogP contribution in [0.5, 0.6) is 0 Å². The number of carbonyl (C=O) groups excluding carboxylic acids is 1. The maximum absolute atomic E-state index is 12.2. The molecule has 0 unspecified atom stereocenters. The molecule has 1 amide bonds. The third-order valence-electron chi connectivity index (χ3n) is 2.83. The second-order valence-corrected chi connectivity index (χ2v) is 5.00. The summed E-state index contributed by atoms with van der Waals surface area (Å²) >= 11 is 0. The molecule has 1 aromatic rings. The Morgan fingerprint density at radius 1 is 1.33 bits per heavy atom. The maximum Gasteiger partial charge on any atom is 0.253 e. The molecule has 1 aromatic carbocycles. The normalized spacial score (nSPS) is 10.1. The zero-order valence-electron chi connectivity index (χ0n) is 12.9. The molecule has 0 aliphatic carbocycles. The summed E-state index contributed by atoms with van der Waals surface area (Å²) < 4.78 is 5.44. The van der Waals surface area contributed by atoms with Crippen LogP contribution in [0.1, 0.15) is 36.2 Å². The van der Waals surface area contributed by atoms with Crippen LogP contribution in [0.2, 0.25) is 0 Å². The molecule has 1 rings (SSSR count). The first-order valence-electron chi connectivity index (χ1n) is 7.11. The monoisotopic (exact) mass is 289 g/mol. The van der Waals surface area contributed by atoms with E-state index in [1.165, 1.54) is 0 Å². The van der Waals surface area contributed by atoms with Crippen molar-refractivity contribution < 1.29 is 14.6 Å². The average molecular weight is 289 g/mol. The maximum atomic E-state index is 12.2. The third kappa shape index (κ3) is 6.44. The van der Waals surface area contributed by atoms with Crippen LogP contribution in [-0.4, -0.2) is 48.8 Å². The van der Waals surface area contributed by atoms with E-state index in [9.17, 15) is 4.79 Å². The van der Waals surface area contributed by atoms with E-state index < -0.39 is 0 Å². The Hall–Kier alpha value is -1.83. The van der Waals surface area contributed by atoms with E-state index in [1.807, 2.05) is 26.0 Å². The Bertz CT molecular complexity index is 497. The Morgan fingerprint density at radius 2 is 2.00 bits per heavy atom. The zero-order valence-corrected chi connectivity index (χ0v) is 12.9. The van der Waals surface area contributed by atoms with Crippen LogP contribution in [0, 0.1) is 11.8 Å². The standard InChI is InChI=1S/C17H23NO3/c1-14(2)21-13-11-18(3)17(20)16-9-7-15(8-10-16)6-4-5-12-19/h7-10,14,19H,5,11-13H2,1-3H3. The van der Waals surface area contributed by atoms with Crippen molar-refractivity contribution in [2.45, 2.75) is 26.4 Å². The van der Waals surface area contributed by atoms with Crippen molar-refractivity contribution in [3.8, 4) is 11.8 Å². The van der Waals surface area contributed by atoms with Crippen LogP contribution in [0.3, 0.4) is 0 Å². The fraction of sp³-hybridized carbons (Fsp3) is 0.471. The number of nitrogens with zero attached hydrogens (tertiary/aromatic N) is 1. The Labute approximate surface area is 126 Å². The van der Waals surface area contributed by atoms with Crippen molar-refractivity contribution in [1.82, 2.24) is 4.90 Å². The number of ether oxygens (including phenoxy) is 1. The lowest BCUT2D eigenvalue weighted by Gasteiger charge is -2.18. The van der Waals surface area contributed by atoms with Crippen molar-refractivity contribution in [2.75, 3.05) is 26.8 Å². The van der Waals surface area contributed by atoms with Gasteiger partial charge >= 0.3 is 0 Å². The molecule has 0 bridgehead atoms. The van der Waals surface area contributed by atoms with Crippen molar-refractivity contribution in [3.05, 3.63) is 35.4 Å². The second kappa shape index (κ2) is 9.17. The molecule has 0 saturated heterocycles. The van der Waals surface area contributed by atoms with Crippen LogP contribution in [0.4, 0.5) is 0 Å². The molecule has 0 heterocycles. The van der Waals surface area contributed by atoms with E-state index in [0.29, 0.717) is 25.1 Å². The van der Waals surface area contributed by atoms with Gasteiger partial charge in [-0.3, -0.25) is 4.79 Å². The molecule has 0 aliphatic heterocycles. The number of hydrogen-bond acceptors (Lipinski definition) is 3. The van der Waals surface area contributed by atoms with E-state index in [4.69, 9.17) is 9.84 Å². The highest BCUT2D eigenvalue weighted by atomic mass is 16.5. The van der Waals surface area contributed by atoms with Crippen molar-refractivity contribution in [3.63, 3.8) is 0 Å². The first-order valence-corrected chi connectivity index (χ1v) is 7.11. The topological polar surface area (TPSA) is 49.8 Å². The highest BCUT2D eigenvalue weighted by molar-refractivity contribution is 5.94. The van der Waals surface area contributed by atoms with Crippen LogP contribution >= 0.6 is 0 Å². The van der Waals surface area contributed by atoms with Gasteiger partial charge in [-0.1, -0.05) is 11.8 Å². The molecule has 0 fully saturated rings. The molecule has 114 valence electrons. The summed E-state index contributed by atoms with van der Waals surface area (Å²) in [5.41, 5.74) is 1.47. The average Bonchev–Trinajstić information content (AvgIpc) is 2.47. The van der Waals surface area contributed by atoms with Crippen LogP contribution in [0.25, 0.3) is 0 Å². The van der Waals surface area contributed by atoms with E-state index in [1.54, 1.807) is 24.1 Å². The Kier molecular flexibility index (Phi) is 7.52. The van der Waals surface area contributed by atoms with Crippen LogP contribution in [-0.2, 0) is 4.74 Å². The molecule has 0 aromatic heterocycles. The summed E-state index contributed by atoms with van der Waals surface area (Å²) in [5, 5.41) is 8.66. The minimum absolute atomic E-state index is 0.0303. The fourth-order valence-electron chi connectivity index (χ4n) is 1.66. The van der Waals surface area contributed by atoms with Crippen LogP contribution in [0.15, 0.2) is 24.3 Å². The van der Waals surface area contributed by atoms with Gasteiger partial charge in [0.25, 0.3) is 5.91 Å². The first kappa shape index (κ1) is 17.2. The first-order chi connectivity index (χ1) is 10.0. The van der Waals surface area contributed by atoms with E-state index in [-0.39, 0.29) is 18.6 Å². The number of likely N-dealkylation sites (N-methyl/N-ethyl adjacent to an activating group) is 1. The number of hydrogen-bond donors (Lipinski definition) is 1. The summed E-state index contributed by atoms with van der Waals surface area (Å²) in [6.07, 6.45) is 0.629. The van der Waals surface area contributed by atoms with Gasteiger partial charge in [0.15, 0.2) is 0 Å². The number of carbonyl (C=O) groups is 1. The minimum Gasteiger partial charge on any atom is -0.395 e. The summed E-state index contributed by atoms with van der Waals surface area (Å²) in [7, 11) is 1.76. The molecule has 0 saturated carbocycles. The van der Waals surface area contributed by atoms with Gasteiger partial charge in [0, 0.05) is 31.1 Å². The van der Waals surface area contributed by atoms with Crippen molar-refractivity contribution >= 4 is 5.91 Å². The van der Waals surface area contributed by atoms with Crippen molar-refractivity contribution in [2.24, 2.45) is 0 Å². The van der Waals surface area contributed by atoms with E-state index in [0.717, 1.165) is 5.56 Å². The number of aliphatic hydroxyl groups is 1. The van der Waals surface area contributed by atoms with Gasteiger partial charge in [-0.15, -0.1) is 0 Å². The fourth-order valence-corrected chi connectivity index (χ4v) is 1.66. The third-order valence-corrected chi connectivity index (χ3v) is 2.83.